The van der Waals surface area contributed by atoms with Crippen molar-refractivity contribution < 1.29 is 49.3 Å². The minimum absolute atomic E-state index is 0.127. The Morgan fingerprint density at radius 3 is 1.14 bits per heavy atom. The lowest BCUT2D eigenvalue weighted by molar-refractivity contribution is -0.305. The number of aliphatic hydroxyl groups excluding tert-OH is 5. The van der Waals surface area contributed by atoms with Gasteiger partial charge in [0.05, 0.1) is 25.4 Å². The van der Waals surface area contributed by atoms with Gasteiger partial charge < -0.3 is 45.1 Å². The van der Waals surface area contributed by atoms with Crippen molar-refractivity contribution in [1.82, 2.24) is 5.32 Å². The zero-order valence-electron chi connectivity index (χ0n) is 55.8. The van der Waals surface area contributed by atoms with Crippen LogP contribution in [0.3, 0.4) is 0 Å². The van der Waals surface area contributed by atoms with Gasteiger partial charge in [-0.25, -0.2) is 0 Å². The van der Waals surface area contributed by atoms with Crippen LogP contribution in [0.2, 0.25) is 0 Å². The van der Waals surface area contributed by atoms with E-state index in [1.54, 1.807) is 6.08 Å². The number of aliphatic hydroxyl groups is 5. The number of unbranched alkanes of at least 4 members (excludes halogenated alkanes) is 46. The number of amides is 1. The summed E-state index contributed by atoms with van der Waals surface area (Å²) < 4.78 is 17.7. The first kappa shape index (κ1) is 80.9. The van der Waals surface area contributed by atoms with Gasteiger partial charge in [-0.2, -0.15) is 0 Å². The fourth-order valence-corrected chi connectivity index (χ4v) is 11.7. The molecular formula is C74H139NO10. The van der Waals surface area contributed by atoms with Crippen LogP contribution < -0.4 is 5.32 Å². The van der Waals surface area contributed by atoms with Crippen LogP contribution in [0.15, 0.2) is 36.5 Å². The van der Waals surface area contributed by atoms with Crippen molar-refractivity contribution in [2.24, 2.45) is 0 Å². The van der Waals surface area contributed by atoms with E-state index in [4.69, 9.17) is 14.2 Å². The smallest absolute Gasteiger partial charge is 0.306 e. The van der Waals surface area contributed by atoms with Gasteiger partial charge in [0, 0.05) is 6.42 Å². The maximum absolute atomic E-state index is 13.5. The van der Waals surface area contributed by atoms with E-state index in [9.17, 15) is 35.1 Å². The standard InChI is InChI=1S/C74H139NO10/c1-4-7-10-13-16-19-22-24-26-28-30-32-34-36-38-40-42-44-47-50-53-56-59-62-69(79)85-72-71(81)70(80)68(63-76)84-74(72)83-64-65(66(77)60-57-54-51-48-45-21-18-15-12-9-6-3)75-73(82)67(78)61-58-55-52-49-46-43-41-39-37-35-33-31-29-27-25-23-20-17-14-11-8-5-2/h24-27,57,60,65-68,70-72,74,76-78,80-81H,4-23,28-56,58-59,61-64H2,1-3H3,(H,75,82)/b26-24+,27-25+,60-57+. The molecule has 0 aliphatic carbocycles. The molecule has 1 aliphatic heterocycles. The van der Waals surface area contributed by atoms with Crippen LogP contribution in [0.1, 0.15) is 361 Å². The van der Waals surface area contributed by atoms with Crippen molar-refractivity contribution in [3.63, 3.8) is 0 Å². The highest BCUT2D eigenvalue weighted by Crippen LogP contribution is 2.26. The molecule has 500 valence electrons. The van der Waals surface area contributed by atoms with Crippen molar-refractivity contribution in [3.8, 4) is 0 Å². The van der Waals surface area contributed by atoms with E-state index in [1.165, 1.54) is 257 Å². The van der Waals surface area contributed by atoms with Gasteiger partial charge in [0.1, 0.15) is 24.4 Å². The van der Waals surface area contributed by atoms with Crippen LogP contribution in [0.25, 0.3) is 0 Å². The molecule has 0 bridgehead atoms. The van der Waals surface area contributed by atoms with Gasteiger partial charge in [-0.15, -0.1) is 0 Å². The molecular weight excluding hydrogens is 1060 g/mol. The molecule has 0 radical (unpaired) electrons. The first-order valence-electron chi connectivity index (χ1n) is 36.8. The maximum Gasteiger partial charge on any atom is 0.306 e. The highest BCUT2D eigenvalue weighted by atomic mass is 16.7. The predicted molar refractivity (Wildman–Crippen MR) is 357 cm³/mol. The van der Waals surface area contributed by atoms with Gasteiger partial charge >= 0.3 is 5.97 Å². The fraction of sp³-hybridized carbons (Fsp3) is 0.892. The Labute approximate surface area is 523 Å². The third-order valence-corrected chi connectivity index (χ3v) is 17.5. The Morgan fingerprint density at radius 2 is 0.776 bits per heavy atom. The van der Waals surface area contributed by atoms with Gasteiger partial charge in [-0.3, -0.25) is 9.59 Å². The van der Waals surface area contributed by atoms with Crippen molar-refractivity contribution in [3.05, 3.63) is 36.5 Å². The summed E-state index contributed by atoms with van der Waals surface area (Å²) in [5.74, 6) is -1.18. The second kappa shape index (κ2) is 62.1. The lowest BCUT2D eigenvalue weighted by atomic mass is 9.99. The van der Waals surface area contributed by atoms with E-state index in [-0.39, 0.29) is 13.0 Å². The normalized spacial score (nSPS) is 18.5. The minimum Gasteiger partial charge on any atom is -0.454 e. The molecule has 0 aromatic rings. The predicted octanol–water partition coefficient (Wildman–Crippen LogP) is 19.0. The van der Waals surface area contributed by atoms with E-state index in [1.807, 2.05) is 6.08 Å². The number of hydrogen-bond acceptors (Lipinski definition) is 10. The second-order valence-corrected chi connectivity index (χ2v) is 25.7. The van der Waals surface area contributed by atoms with Crippen LogP contribution in [0.5, 0.6) is 0 Å². The molecule has 0 aromatic carbocycles. The van der Waals surface area contributed by atoms with E-state index >= 15 is 0 Å². The van der Waals surface area contributed by atoms with Gasteiger partial charge in [0.2, 0.25) is 5.91 Å². The lowest BCUT2D eigenvalue weighted by Crippen LogP contribution is -2.61. The molecule has 6 N–H and O–H groups in total. The zero-order valence-corrected chi connectivity index (χ0v) is 55.8. The Hall–Kier alpha value is -2.12. The molecule has 1 aliphatic rings. The molecule has 1 heterocycles. The lowest BCUT2D eigenvalue weighted by Gasteiger charge is -2.41. The molecule has 11 nitrogen and oxygen atoms in total. The molecule has 0 aromatic heterocycles. The number of hydrogen-bond donors (Lipinski definition) is 6. The summed E-state index contributed by atoms with van der Waals surface area (Å²) in [4.78, 5) is 26.7. The maximum atomic E-state index is 13.5. The number of carbonyl (C=O) groups is 2. The molecule has 8 atom stereocenters. The number of allylic oxidation sites excluding steroid dienone is 5. The summed E-state index contributed by atoms with van der Waals surface area (Å²) in [6, 6.07) is -1.02. The van der Waals surface area contributed by atoms with Crippen LogP contribution in [-0.4, -0.2) is 99.6 Å². The van der Waals surface area contributed by atoms with Crippen molar-refractivity contribution in [2.75, 3.05) is 13.2 Å². The molecule has 1 rings (SSSR count). The molecule has 1 amide bonds. The van der Waals surface area contributed by atoms with Crippen molar-refractivity contribution in [1.29, 1.82) is 0 Å². The van der Waals surface area contributed by atoms with Crippen molar-refractivity contribution in [2.45, 2.75) is 410 Å². The number of ether oxygens (including phenoxy) is 3. The van der Waals surface area contributed by atoms with E-state index < -0.39 is 67.4 Å². The highest BCUT2D eigenvalue weighted by Gasteiger charge is 2.47. The Balaban J connectivity index is 2.53. The molecule has 0 saturated carbocycles. The molecule has 1 saturated heterocycles. The number of carbonyl (C=O) groups excluding carboxylic acids is 2. The molecule has 0 spiro atoms. The summed E-state index contributed by atoms with van der Waals surface area (Å²) in [5, 5.41) is 57.2. The molecule has 8 unspecified atom stereocenters. The van der Waals surface area contributed by atoms with Gasteiger partial charge in [-0.1, -0.05) is 314 Å². The van der Waals surface area contributed by atoms with Gasteiger partial charge in [-0.05, 0) is 77.0 Å². The summed E-state index contributed by atoms with van der Waals surface area (Å²) >= 11 is 0. The van der Waals surface area contributed by atoms with E-state index in [2.05, 4.69) is 50.4 Å². The molecule has 1 fully saturated rings. The molecule has 85 heavy (non-hydrogen) atoms. The van der Waals surface area contributed by atoms with E-state index in [0.29, 0.717) is 19.3 Å². The van der Waals surface area contributed by atoms with Gasteiger partial charge in [0.15, 0.2) is 12.4 Å². The fourth-order valence-electron chi connectivity index (χ4n) is 11.7. The summed E-state index contributed by atoms with van der Waals surface area (Å²) in [6.45, 7) is 5.83. The number of nitrogens with one attached hydrogen (secondary N) is 1. The number of rotatable bonds is 64. The largest absolute Gasteiger partial charge is 0.454 e. The topological polar surface area (TPSA) is 175 Å². The third-order valence-electron chi connectivity index (χ3n) is 17.5. The first-order valence-corrected chi connectivity index (χ1v) is 36.8. The monoisotopic (exact) mass is 1200 g/mol. The van der Waals surface area contributed by atoms with Crippen LogP contribution in [-0.2, 0) is 23.8 Å². The summed E-state index contributed by atoms with van der Waals surface area (Å²) in [7, 11) is 0. The summed E-state index contributed by atoms with van der Waals surface area (Å²) in [6.07, 6.45) is 66.2. The first-order chi connectivity index (χ1) is 41.7. The Morgan fingerprint density at radius 1 is 0.447 bits per heavy atom. The summed E-state index contributed by atoms with van der Waals surface area (Å²) in [5.41, 5.74) is 0. The second-order valence-electron chi connectivity index (χ2n) is 25.7. The van der Waals surface area contributed by atoms with E-state index in [0.717, 1.165) is 57.8 Å². The van der Waals surface area contributed by atoms with Gasteiger partial charge in [0.25, 0.3) is 0 Å². The quantitative estimate of drug-likeness (QED) is 0.0195. The highest BCUT2D eigenvalue weighted by molar-refractivity contribution is 5.80. The Bertz CT molecular complexity index is 1520. The minimum atomic E-state index is -1.61. The van der Waals surface area contributed by atoms with Crippen molar-refractivity contribution >= 4 is 11.9 Å². The average molecular weight is 1200 g/mol. The number of esters is 1. The van der Waals surface area contributed by atoms with Crippen LogP contribution in [0, 0.1) is 0 Å². The van der Waals surface area contributed by atoms with Crippen LogP contribution in [0.4, 0.5) is 0 Å². The van der Waals surface area contributed by atoms with Crippen LogP contribution >= 0.6 is 0 Å². The average Bonchev–Trinajstić information content (AvgIpc) is 2.90. The Kier molecular flexibility index (Phi) is 59.1. The SMILES string of the molecule is CCCCCCCC/C=C/CCCCCCCCCCCCCCCC(=O)OC1C(OCC(NC(=O)C(O)CCCCCCCCCCCCCC/C=C/CCCCCCCC)C(O)/C=C/CCCCCCCCCCC)OC(CO)C(O)C1O. The molecule has 11 heteroatoms. The zero-order chi connectivity index (χ0) is 61.7. The third kappa shape index (κ3) is 49.4.